The third-order valence-corrected chi connectivity index (χ3v) is 5.82. The Bertz CT molecular complexity index is 189. The predicted octanol–water partition coefficient (Wildman–Crippen LogP) is -3.36. The van der Waals surface area contributed by atoms with Gasteiger partial charge >= 0.3 is 90.5 Å². The van der Waals surface area contributed by atoms with Crippen LogP contribution in [-0.2, 0) is 9.63 Å². The van der Waals surface area contributed by atoms with E-state index in [1.54, 1.807) is 0 Å². The van der Waals surface area contributed by atoms with Crippen LogP contribution in [0.5, 0.6) is 0 Å². The van der Waals surface area contributed by atoms with Gasteiger partial charge in [0.05, 0.1) is 0 Å². The third kappa shape index (κ3) is 5.57. The average molecular weight is 317 g/mol. The van der Waals surface area contributed by atoms with Crippen molar-refractivity contribution in [3.05, 3.63) is 10.2 Å². The van der Waals surface area contributed by atoms with E-state index in [0.29, 0.717) is 0 Å². The standard InChI is InChI=1S/C7H15IN2O2P/c1-5(8-3-4-13-2)6(9)7(11)12-10/h6,13H,1,3-4,9-10H2,2H3/q-1. The van der Waals surface area contributed by atoms with Crippen LogP contribution in [0.15, 0.2) is 10.2 Å². The van der Waals surface area contributed by atoms with Gasteiger partial charge < -0.3 is 0 Å². The van der Waals surface area contributed by atoms with Gasteiger partial charge in [0.1, 0.15) is 0 Å². The number of halogens is 1. The van der Waals surface area contributed by atoms with Crippen molar-refractivity contribution in [2.75, 3.05) is 17.3 Å². The first-order valence-corrected chi connectivity index (χ1v) is 8.03. The zero-order valence-corrected chi connectivity index (χ0v) is 10.7. The second kappa shape index (κ2) is 7.67. The molecule has 13 heavy (non-hydrogen) atoms. The molecule has 0 amide bonds. The first-order chi connectivity index (χ1) is 6.13. The van der Waals surface area contributed by atoms with Gasteiger partial charge in [-0.3, -0.25) is 0 Å². The van der Waals surface area contributed by atoms with E-state index in [-0.39, 0.29) is 21.2 Å². The molecule has 0 aliphatic carbocycles. The van der Waals surface area contributed by atoms with E-state index in [4.69, 9.17) is 11.6 Å². The molecule has 6 heteroatoms. The molecule has 0 aliphatic rings. The van der Waals surface area contributed by atoms with Crippen molar-refractivity contribution >= 4 is 14.6 Å². The fourth-order valence-electron chi connectivity index (χ4n) is 0.547. The normalized spacial score (nSPS) is 13.5. The fraction of sp³-hybridized carbons (Fsp3) is 0.571. The quantitative estimate of drug-likeness (QED) is 0.176. The van der Waals surface area contributed by atoms with Crippen molar-refractivity contribution in [3.63, 3.8) is 0 Å². The fourth-order valence-corrected chi connectivity index (χ4v) is 4.68. The number of alkyl halides is 1. The number of hydrogen-bond acceptors (Lipinski definition) is 4. The summed E-state index contributed by atoms with van der Waals surface area (Å²) in [6.45, 7) is 5.92. The first kappa shape index (κ1) is 13.3. The summed E-state index contributed by atoms with van der Waals surface area (Å²) in [5.74, 6) is 4.11. The molecule has 0 saturated carbocycles. The molecule has 0 radical (unpaired) electrons. The molecule has 0 aromatic carbocycles. The predicted molar refractivity (Wildman–Crippen MR) is 51.4 cm³/mol. The maximum atomic E-state index is 10.9. The summed E-state index contributed by atoms with van der Waals surface area (Å²) in [4.78, 5) is 14.9. The molecule has 0 spiro atoms. The molecule has 0 heterocycles. The van der Waals surface area contributed by atoms with E-state index in [0.717, 1.165) is 16.6 Å². The van der Waals surface area contributed by atoms with Crippen LogP contribution in [0.4, 0.5) is 0 Å². The summed E-state index contributed by atoms with van der Waals surface area (Å²) in [5, 5.41) is 0. The second-order valence-electron chi connectivity index (χ2n) is 2.29. The molecule has 0 saturated heterocycles. The van der Waals surface area contributed by atoms with E-state index in [2.05, 4.69) is 18.1 Å². The van der Waals surface area contributed by atoms with Gasteiger partial charge in [-0.2, -0.15) is 0 Å². The topological polar surface area (TPSA) is 78.3 Å². The van der Waals surface area contributed by atoms with Gasteiger partial charge in [0.2, 0.25) is 0 Å². The Morgan fingerprint density at radius 1 is 1.77 bits per heavy atom. The molecule has 4 nitrogen and oxygen atoms in total. The van der Waals surface area contributed by atoms with Crippen LogP contribution >= 0.6 is 8.58 Å². The second-order valence-corrected chi connectivity index (χ2v) is 6.72. The van der Waals surface area contributed by atoms with Crippen LogP contribution in [0.3, 0.4) is 0 Å². The number of hydrogen-bond donors (Lipinski definition) is 2. The molecule has 2 unspecified atom stereocenters. The van der Waals surface area contributed by atoms with Gasteiger partial charge in [0.25, 0.3) is 0 Å². The SMILES string of the molecule is C=C([I-]CCPC)C(N)C(=O)ON. The number of carbonyl (C=O) groups is 1. The molecule has 78 valence electrons. The molecule has 2 atom stereocenters. The van der Waals surface area contributed by atoms with E-state index in [1.165, 1.54) is 6.16 Å². The van der Waals surface area contributed by atoms with Crippen molar-refractivity contribution < 1.29 is 30.8 Å². The minimum atomic E-state index is -0.724. The summed E-state index contributed by atoms with van der Waals surface area (Å²) in [5.41, 5.74) is 5.53. The van der Waals surface area contributed by atoms with Crippen LogP contribution in [0.1, 0.15) is 0 Å². The van der Waals surface area contributed by atoms with Gasteiger partial charge in [0, 0.05) is 0 Å². The van der Waals surface area contributed by atoms with Crippen LogP contribution in [0, 0.1) is 0 Å². The van der Waals surface area contributed by atoms with Crippen molar-refractivity contribution in [2.45, 2.75) is 6.04 Å². The van der Waals surface area contributed by atoms with Crippen LogP contribution in [-0.4, -0.2) is 29.3 Å². The Labute approximate surface area is 90.4 Å². The monoisotopic (exact) mass is 317 g/mol. The van der Waals surface area contributed by atoms with Gasteiger partial charge in [0.15, 0.2) is 0 Å². The van der Waals surface area contributed by atoms with Crippen molar-refractivity contribution in [1.82, 2.24) is 0 Å². The first-order valence-electron chi connectivity index (χ1n) is 3.72. The van der Waals surface area contributed by atoms with Crippen LogP contribution in [0.2, 0.25) is 0 Å². The summed E-state index contributed by atoms with van der Waals surface area (Å²) in [6, 6.07) is -0.724. The molecule has 0 aromatic heterocycles. The molecular formula is C7H15IN2O2P-. The molecule has 4 N–H and O–H groups in total. The molecular weight excluding hydrogens is 302 g/mol. The molecule has 0 fully saturated rings. The van der Waals surface area contributed by atoms with Gasteiger partial charge in [-0.05, 0) is 0 Å². The maximum absolute atomic E-state index is 10.9. The van der Waals surface area contributed by atoms with Crippen molar-refractivity contribution in [1.29, 1.82) is 0 Å². The van der Waals surface area contributed by atoms with Crippen LogP contribution in [0.25, 0.3) is 0 Å². The molecule has 0 aliphatic heterocycles. The Kier molecular flexibility index (Phi) is 7.84. The summed E-state index contributed by atoms with van der Waals surface area (Å²) < 4.78 is 1.92. The van der Waals surface area contributed by atoms with E-state index in [1.807, 2.05) is 0 Å². The number of nitrogens with two attached hydrogens (primary N) is 2. The van der Waals surface area contributed by atoms with Gasteiger partial charge in [-0.1, -0.05) is 0 Å². The van der Waals surface area contributed by atoms with Gasteiger partial charge in [-0.15, -0.1) is 0 Å². The zero-order chi connectivity index (χ0) is 10.3. The van der Waals surface area contributed by atoms with Crippen LogP contribution < -0.4 is 32.8 Å². The molecule has 0 aromatic rings. The number of carbonyl (C=O) groups excluding carboxylic acids is 1. The average Bonchev–Trinajstić information content (AvgIpc) is 2.15. The molecule has 0 rings (SSSR count). The zero-order valence-electron chi connectivity index (χ0n) is 7.55. The number of rotatable bonds is 6. The Hall–Kier alpha value is 0.290. The Morgan fingerprint density at radius 2 is 2.38 bits per heavy atom. The van der Waals surface area contributed by atoms with Gasteiger partial charge in [-0.25, -0.2) is 0 Å². The summed E-state index contributed by atoms with van der Waals surface area (Å²) >= 11 is -0.193. The van der Waals surface area contributed by atoms with Crippen molar-refractivity contribution in [2.24, 2.45) is 11.6 Å². The summed E-state index contributed by atoms with van der Waals surface area (Å²) in [7, 11) is 0.950. The van der Waals surface area contributed by atoms with Crippen molar-refractivity contribution in [3.8, 4) is 0 Å². The Balaban J connectivity index is 3.76. The summed E-state index contributed by atoms with van der Waals surface area (Å²) in [6.07, 6.45) is 1.19. The Morgan fingerprint density at radius 3 is 2.85 bits per heavy atom. The third-order valence-electron chi connectivity index (χ3n) is 1.32. The van der Waals surface area contributed by atoms with E-state index >= 15 is 0 Å². The van der Waals surface area contributed by atoms with E-state index < -0.39 is 12.0 Å². The minimum absolute atomic E-state index is 0.193. The molecule has 0 bridgehead atoms. The van der Waals surface area contributed by atoms with E-state index in [9.17, 15) is 4.79 Å².